The van der Waals surface area contributed by atoms with Gasteiger partial charge in [-0.1, -0.05) is 0 Å². The fourth-order valence-corrected chi connectivity index (χ4v) is 2.84. The molecule has 7 heteroatoms. The molecule has 0 fully saturated rings. The van der Waals surface area contributed by atoms with Crippen molar-refractivity contribution in [3.63, 3.8) is 0 Å². The Balaban J connectivity index is 0.000000446. The van der Waals surface area contributed by atoms with E-state index in [4.69, 9.17) is 14.3 Å². The fraction of sp³-hybridized carbons (Fsp3) is 0.267. The second-order valence-electron chi connectivity index (χ2n) is 5.01. The van der Waals surface area contributed by atoms with Gasteiger partial charge in [-0.05, 0) is 37.0 Å². The van der Waals surface area contributed by atoms with Gasteiger partial charge in [0, 0.05) is 24.1 Å². The number of rotatable bonds is 2. The highest BCUT2D eigenvalue weighted by Crippen LogP contribution is 2.31. The summed E-state index contributed by atoms with van der Waals surface area (Å²) in [6, 6.07) is 4.27. The monoisotopic (exact) mass is 300 g/mol. The number of carboxylic acid groups (broad SMARTS) is 1. The van der Waals surface area contributed by atoms with Crippen LogP contribution in [0.15, 0.2) is 41.4 Å². The molecule has 1 atom stereocenters. The second-order valence-corrected chi connectivity index (χ2v) is 5.01. The molecule has 1 aliphatic rings. The lowest BCUT2D eigenvalue weighted by Crippen LogP contribution is -2.18. The minimum Gasteiger partial charge on any atom is -0.483 e. The molecule has 3 aromatic heterocycles. The molecule has 0 saturated heterocycles. The topological polar surface area (TPSA) is 96.9 Å². The van der Waals surface area contributed by atoms with Gasteiger partial charge < -0.3 is 14.1 Å². The van der Waals surface area contributed by atoms with E-state index in [1.807, 2.05) is 30.7 Å². The van der Waals surface area contributed by atoms with Crippen molar-refractivity contribution in [2.24, 2.45) is 0 Å². The van der Waals surface area contributed by atoms with E-state index >= 15 is 0 Å². The first-order chi connectivity index (χ1) is 10.8. The minimum absolute atomic E-state index is 0.250. The molecular formula is C15H16N4O3. The summed E-state index contributed by atoms with van der Waals surface area (Å²) < 4.78 is 7.68. The van der Waals surface area contributed by atoms with E-state index in [1.165, 1.54) is 11.3 Å². The summed E-state index contributed by atoms with van der Waals surface area (Å²) in [6.45, 7) is -0.250. The Morgan fingerprint density at radius 2 is 2.36 bits per heavy atom. The summed E-state index contributed by atoms with van der Waals surface area (Å²) in [5.41, 5.74) is 2.59. The molecule has 0 saturated carbocycles. The van der Waals surface area contributed by atoms with Crippen LogP contribution >= 0.6 is 0 Å². The van der Waals surface area contributed by atoms with Crippen molar-refractivity contribution in [1.82, 2.24) is 19.7 Å². The third-order valence-corrected chi connectivity index (χ3v) is 3.79. The number of hydrogen-bond donors (Lipinski definition) is 2. The van der Waals surface area contributed by atoms with Crippen LogP contribution in [0.1, 0.15) is 23.7 Å². The van der Waals surface area contributed by atoms with Gasteiger partial charge in [0.2, 0.25) is 0 Å². The summed E-state index contributed by atoms with van der Waals surface area (Å²) in [7, 11) is 0. The minimum atomic E-state index is -0.250. The molecule has 4 rings (SSSR count). The molecule has 3 aromatic rings. The molecule has 0 aliphatic heterocycles. The van der Waals surface area contributed by atoms with Crippen LogP contribution in [0.3, 0.4) is 0 Å². The predicted molar refractivity (Wildman–Crippen MR) is 78.3 cm³/mol. The largest absolute Gasteiger partial charge is 0.483 e. The zero-order chi connectivity index (χ0) is 15.4. The van der Waals surface area contributed by atoms with Crippen LogP contribution in [0.2, 0.25) is 0 Å². The van der Waals surface area contributed by atoms with Crippen LogP contribution in [0, 0.1) is 0 Å². The third-order valence-electron chi connectivity index (χ3n) is 3.79. The molecule has 3 heterocycles. The lowest BCUT2D eigenvalue weighted by atomic mass is 9.93. The molecule has 0 aromatic carbocycles. The van der Waals surface area contributed by atoms with Crippen LogP contribution in [0.25, 0.3) is 11.6 Å². The number of nitrogens with zero attached hydrogens (tertiary/aromatic N) is 3. The molecule has 7 nitrogen and oxygen atoms in total. The number of H-pyrrole nitrogens is 1. The Bertz CT molecular complexity index is 730. The van der Waals surface area contributed by atoms with Crippen LogP contribution in [-0.4, -0.2) is 31.3 Å². The van der Waals surface area contributed by atoms with E-state index in [9.17, 15) is 0 Å². The average molecular weight is 300 g/mol. The lowest BCUT2D eigenvalue weighted by molar-refractivity contribution is -0.122. The van der Waals surface area contributed by atoms with Crippen LogP contribution < -0.4 is 0 Å². The van der Waals surface area contributed by atoms with Crippen molar-refractivity contribution < 1.29 is 14.3 Å². The van der Waals surface area contributed by atoms with Crippen LogP contribution in [-0.2, 0) is 17.6 Å². The van der Waals surface area contributed by atoms with Crippen LogP contribution in [0.4, 0.5) is 0 Å². The van der Waals surface area contributed by atoms with E-state index in [0.717, 1.165) is 30.8 Å². The molecule has 0 bridgehead atoms. The van der Waals surface area contributed by atoms with E-state index in [1.54, 1.807) is 6.26 Å². The standard InChI is InChI=1S/C14H14N4O.CH2O2/c1-2-13(19-7-1)14-15-5-6-18(14)11-3-4-12-10(8-11)9-16-17-12;2-1-3/h1-2,5-7,9,11H,3-4,8H2,(H,16,17);1H,(H,2,3). The number of aromatic nitrogens is 4. The van der Waals surface area contributed by atoms with Gasteiger partial charge >= 0.3 is 0 Å². The molecule has 2 N–H and O–H groups in total. The Morgan fingerprint density at radius 1 is 1.50 bits per heavy atom. The van der Waals surface area contributed by atoms with Crippen molar-refractivity contribution in [3.05, 3.63) is 48.2 Å². The lowest BCUT2D eigenvalue weighted by Gasteiger charge is -2.24. The molecule has 0 radical (unpaired) electrons. The quantitative estimate of drug-likeness (QED) is 0.708. The smallest absolute Gasteiger partial charge is 0.290 e. The molecule has 1 unspecified atom stereocenters. The summed E-state index contributed by atoms with van der Waals surface area (Å²) >= 11 is 0. The maximum Gasteiger partial charge on any atom is 0.290 e. The van der Waals surface area contributed by atoms with Gasteiger partial charge in [0.25, 0.3) is 6.47 Å². The van der Waals surface area contributed by atoms with Gasteiger partial charge in [-0.25, -0.2) is 4.98 Å². The first kappa shape index (κ1) is 14.1. The molecule has 0 spiro atoms. The zero-order valence-electron chi connectivity index (χ0n) is 11.8. The van der Waals surface area contributed by atoms with Gasteiger partial charge in [-0.3, -0.25) is 9.89 Å². The fourth-order valence-electron chi connectivity index (χ4n) is 2.84. The summed E-state index contributed by atoms with van der Waals surface area (Å²) in [6.07, 6.45) is 10.6. The molecular weight excluding hydrogens is 284 g/mol. The highest BCUT2D eigenvalue weighted by atomic mass is 16.3. The Morgan fingerprint density at radius 3 is 3.14 bits per heavy atom. The second kappa shape index (κ2) is 6.30. The molecule has 0 amide bonds. The summed E-state index contributed by atoms with van der Waals surface area (Å²) in [5.74, 6) is 1.73. The number of aryl methyl sites for hydroxylation is 1. The maximum absolute atomic E-state index is 8.36. The van der Waals surface area contributed by atoms with E-state index in [0.29, 0.717) is 6.04 Å². The summed E-state index contributed by atoms with van der Waals surface area (Å²) in [5, 5.41) is 14.1. The summed E-state index contributed by atoms with van der Waals surface area (Å²) in [4.78, 5) is 12.8. The van der Waals surface area contributed by atoms with Gasteiger partial charge in [0.15, 0.2) is 11.6 Å². The Hall–Kier alpha value is -2.83. The molecule has 1 aliphatic carbocycles. The average Bonchev–Trinajstić information content (AvgIpc) is 3.27. The number of hydrogen-bond acceptors (Lipinski definition) is 4. The maximum atomic E-state index is 8.36. The van der Waals surface area contributed by atoms with Crippen molar-refractivity contribution in [2.45, 2.75) is 25.3 Å². The highest BCUT2D eigenvalue weighted by molar-refractivity contribution is 5.47. The highest BCUT2D eigenvalue weighted by Gasteiger charge is 2.23. The number of imidazole rings is 1. The van der Waals surface area contributed by atoms with Gasteiger partial charge in [0.1, 0.15) is 0 Å². The predicted octanol–water partition coefficient (Wildman–Crippen LogP) is 2.30. The zero-order valence-corrected chi connectivity index (χ0v) is 11.8. The van der Waals surface area contributed by atoms with Crippen molar-refractivity contribution in [2.75, 3.05) is 0 Å². The third kappa shape index (κ3) is 2.65. The van der Waals surface area contributed by atoms with Crippen molar-refractivity contribution in [1.29, 1.82) is 0 Å². The number of fused-ring (bicyclic) bond motifs is 1. The number of furan rings is 1. The molecule has 22 heavy (non-hydrogen) atoms. The normalized spacial score (nSPS) is 16.5. The van der Waals surface area contributed by atoms with Gasteiger partial charge in [-0.2, -0.15) is 5.10 Å². The Labute approximate surface area is 126 Å². The van der Waals surface area contributed by atoms with E-state index < -0.39 is 0 Å². The number of carbonyl (C=O) groups is 1. The molecule has 114 valence electrons. The Kier molecular flexibility index (Phi) is 4.04. The van der Waals surface area contributed by atoms with E-state index in [-0.39, 0.29) is 6.47 Å². The van der Waals surface area contributed by atoms with E-state index in [2.05, 4.69) is 19.7 Å². The van der Waals surface area contributed by atoms with Crippen molar-refractivity contribution in [3.8, 4) is 11.6 Å². The number of nitrogens with one attached hydrogen (secondary N) is 1. The first-order valence-corrected chi connectivity index (χ1v) is 6.99. The van der Waals surface area contributed by atoms with Crippen molar-refractivity contribution >= 4 is 6.47 Å². The number of aromatic amines is 1. The SMILES string of the molecule is O=CO.c1coc(-c2nccn2C2CCc3[nH]ncc3C2)c1. The van der Waals surface area contributed by atoms with Crippen LogP contribution in [0.5, 0.6) is 0 Å². The first-order valence-electron chi connectivity index (χ1n) is 6.99. The van der Waals surface area contributed by atoms with Gasteiger partial charge in [0.05, 0.1) is 12.5 Å². The van der Waals surface area contributed by atoms with Gasteiger partial charge in [-0.15, -0.1) is 0 Å².